The molecular formula is C40H38BrNO9S. The Kier molecular flexibility index (Phi) is 11.4. The van der Waals surface area contributed by atoms with Gasteiger partial charge < -0.3 is 33.7 Å². The first-order valence-electron chi connectivity index (χ1n) is 17.3. The molecule has 1 aliphatic heterocycles. The zero-order valence-corrected chi connectivity index (χ0v) is 30.8. The van der Waals surface area contributed by atoms with Gasteiger partial charge in [0.1, 0.15) is 36.2 Å². The fourth-order valence-electron chi connectivity index (χ4n) is 6.58. The van der Waals surface area contributed by atoms with Gasteiger partial charge in [-0.25, -0.2) is 0 Å². The molecule has 0 spiro atoms. The molecule has 0 bridgehead atoms. The van der Waals surface area contributed by atoms with Gasteiger partial charge in [-0.3, -0.25) is 14.4 Å². The highest BCUT2D eigenvalue weighted by atomic mass is 79.9. The Hall–Kier alpha value is -4.49. The maximum absolute atomic E-state index is 12.9. The number of aromatic hydroxyl groups is 1. The molecule has 1 fully saturated rings. The second-order valence-corrected chi connectivity index (χ2v) is 14.7. The summed E-state index contributed by atoms with van der Waals surface area (Å²) in [7, 11) is 0. The van der Waals surface area contributed by atoms with Crippen molar-refractivity contribution in [1.29, 1.82) is 0 Å². The van der Waals surface area contributed by atoms with Gasteiger partial charge in [0, 0.05) is 39.5 Å². The maximum Gasteiger partial charge on any atom is 0.251 e. The van der Waals surface area contributed by atoms with E-state index in [4.69, 9.17) is 23.7 Å². The molecule has 270 valence electrons. The topological polar surface area (TPSA) is 121 Å². The predicted molar refractivity (Wildman–Crippen MR) is 200 cm³/mol. The number of hydrogen-bond acceptors (Lipinski definition) is 10. The van der Waals surface area contributed by atoms with Gasteiger partial charge in [-0.05, 0) is 84.7 Å². The molecule has 10 nitrogen and oxygen atoms in total. The number of phenolic OH excluding ortho intramolecular Hbond substituents is 1. The molecule has 7 rings (SSSR count). The van der Waals surface area contributed by atoms with Crippen LogP contribution in [0.2, 0.25) is 0 Å². The van der Waals surface area contributed by atoms with Crippen LogP contribution in [-0.4, -0.2) is 79.7 Å². The van der Waals surface area contributed by atoms with Crippen molar-refractivity contribution in [2.45, 2.75) is 38.1 Å². The number of phenols is 1. The van der Waals surface area contributed by atoms with Crippen molar-refractivity contribution in [3.05, 3.63) is 94.2 Å². The molecule has 1 atom stereocenters. The Balaban J connectivity index is 0.790. The van der Waals surface area contributed by atoms with Crippen LogP contribution in [0.1, 0.15) is 32.1 Å². The number of hydrogen-bond donors (Lipinski definition) is 1. The van der Waals surface area contributed by atoms with Gasteiger partial charge in [-0.2, -0.15) is 0 Å². The molecule has 12 heteroatoms. The first-order valence-corrected chi connectivity index (χ1v) is 18.9. The van der Waals surface area contributed by atoms with E-state index < -0.39 is 6.04 Å². The Bertz CT molecular complexity index is 2020. The molecule has 4 aromatic rings. The first kappa shape index (κ1) is 35.9. The highest BCUT2D eigenvalue weighted by molar-refractivity contribution is 9.10. The summed E-state index contributed by atoms with van der Waals surface area (Å²) in [5.41, 5.74) is 2.68. The number of benzene rings is 3. The number of fused-ring (bicyclic) bond motifs is 1. The van der Waals surface area contributed by atoms with E-state index in [0.717, 1.165) is 47.7 Å². The quantitative estimate of drug-likeness (QED) is 0.0952. The number of allylic oxidation sites excluding steroid dienone is 1. The lowest BCUT2D eigenvalue weighted by Crippen LogP contribution is -2.46. The highest BCUT2D eigenvalue weighted by Gasteiger charge is 2.40. The molecule has 1 unspecified atom stereocenters. The molecule has 2 heterocycles. The van der Waals surface area contributed by atoms with Crippen molar-refractivity contribution in [2.75, 3.05) is 46.2 Å². The molecule has 1 N–H and O–H groups in total. The number of rotatable bonds is 15. The molecule has 0 radical (unpaired) electrons. The Labute approximate surface area is 313 Å². The zero-order chi connectivity index (χ0) is 36.0. The number of amides is 1. The average Bonchev–Trinajstić information content (AvgIpc) is 3.66. The third kappa shape index (κ3) is 8.42. The standard InChI is InChI=1S/C40H38BrNO9S/c41-27-3-1-25(2-4-27)39-38(34-12-5-29(44)23-37(34)52-39)51-31-9-7-30(8-10-31)49-19-17-47-15-16-48-18-20-50-32-11-13-33-26(21-32)24-42(40(33)46)35-14-6-28(43)22-36(35)45/h1-5,7-10,12,21,23,35,44H,6,11,13-20,22,24H2. The van der Waals surface area contributed by atoms with Crippen molar-refractivity contribution in [2.24, 2.45) is 0 Å². The minimum atomic E-state index is -0.502. The number of carbonyl (C=O) groups excluding carboxylic acids is 3. The minimum absolute atomic E-state index is 0.0468. The summed E-state index contributed by atoms with van der Waals surface area (Å²) in [4.78, 5) is 39.5. The third-order valence-corrected chi connectivity index (χ3v) is 10.9. The van der Waals surface area contributed by atoms with Crippen molar-refractivity contribution in [1.82, 2.24) is 4.90 Å². The molecule has 3 aliphatic rings. The van der Waals surface area contributed by atoms with Crippen LogP contribution >= 0.6 is 27.3 Å². The smallest absolute Gasteiger partial charge is 0.251 e. The van der Waals surface area contributed by atoms with E-state index in [1.165, 1.54) is 0 Å². The van der Waals surface area contributed by atoms with Crippen molar-refractivity contribution in [3.63, 3.8) is 0 Å². The molecule has 3 aromatic carbocycles. The highest BCUT2D eigenvalue weighted by Crippen LogP contribution is 2.47. The van der Waals surface area contributed by atoms with Crippen LogP contribution in [0.4, 0.5) is 0 Å². The summed E-state index contributed by atoms with van der Waals surface area (Å²) in [5.74, 6) is 2.84. The van der Waals surface area contributed by atoms with Crippen molar-refractivity contribution < 1.29 is 43.2 Å². The minimum Gasteiger partial charge on any atom is -0.508 e. The Morgan fingerprint density at radius 3 is 2.27 bits per heavy atom. The number of nitrogens with zero attached hydrogens (tertiary/aromatic N) is 1. The summed E-state index contributed by atoms with van der Waals surface area (Å²) >= 11 is 5.07. The molecule has 2 aliphatic carbocycles. The summed E-state index contributed by atoms with van der Waals surface area (Å²) < 4.78 is 31.4. The molecule has 52 heavy (non-hydrogen) atoms. The van der Waals surface area contributed by atoms with Crippen molar-refractivity contribution in [3.8, 4) is 33.4 Å². The van der Waals surface area contributed by atoms with E-state index >= 15 is 0 Å². The lowest BCUT2D eigenvalue weighted by Gasteiger charge is -2.29. The normalized spacial score (nSPS) is 17.5. The summed E-state index contributed by atoms with van der Waals surface area (Å²) in [6.45, 7) is 2.81. The van der Waals surface area contributed by atoms with E-state index in [1.54, 1.807) is 28.4 Å². The summed E-state index contributed by atoms with van der Waals surface area (Å²) in [5, 5.41) is 11.0. The Morgan fingerprint density at radius 2 is 1.52 bits per heavy atom. The predicted octanol–water partition coefficient (Wildman–Crippen LogP) is 7.76. The average molecular weight is 789 g/mol. The number of ether oxygens (including phenoxy) is 5. The SMILES string of the molecule is O=C1CCC(N2CC3=C(CCC(OCCOCCOCCOc4ccc(Oc5c(-c6ccc(Br)cc6)sc6cc(O)ccc56)cc4)=C3)C2=O)C(=O)C1. The number of ketones is 2. The van der Waals surface area contributed by atoms with Crippen LogP contribution in [-0.2, 0) is 28.6 Å². The van der Waals surface area contributed by atoms with Crippen LogP contribution < -0.4 is 9.47 Å². The third-order valence-electron chi connectivity index (χ3n) is 9.18. The molecule has 0 saturated heterocycles. The number of halogens is 1. The summed E-state index contributed by atoms with van der Waals surface area (Å²) in [6.07, 6.45) is 3.80. The lowest BCUT2D eigenvalue weighted by atomic mass is 9.92. The second kappa shape index (κ2) is 16.5. The van der Waals surface area contributed by atoms with Crippen LogP contribution in [0.15, 0.2) is 94.2 Å². The first-order chi connectivity index (χ1) is 25.3. The van der Waals surface area contributed by atoms with E-state index in [0.29, 0.717) is 83.4 Å². The van der Waals surface area contributed by atoms with Gasteiger partial charge in [0.25, 0.3) is 5.91 Å². The zero-order valence-electron chi connectivity index (χ0n) is 28.4. The molecular weight excluding hydrogens is 750 g/mol. The van der Waals surface area contributed by atoms with Gasteiger partial charge in [0.05, 0.1) is 49.5 Å². The number of carbonyl (C=O) groups is 3. The van der Waals surface area contributed by atoms with Gasteiger partial charge >= 0.3 is 0 Å². The molecule has 1 saturated carbocycles. The van der Waals surface area contributed by atoms with E-state index in [-0.39, 0.29) is 29.6 Å². The van der Waals surface area contributed by atoms with Crippen LogP contribution in [0.3, 0.4) is 0 Å². The molecule has 1 aromatic heterocycles. The van der Waals surface area contributed by atoms with Gasteiger partial charge in [0.15, 0.2) is 11.5 Å². The van der Waals surface area contributed by atoms with Gasteiger partial charge in [-0.15, -0.1) is 11.3 Å². The second-order valence-electron chi connectivity index (χ2n) is 12.7. The fraction of sp³-hybridized carbons (Fsp3) is 0.325. The van der Waals surface area contributed by atoms with Gasteiger partial charge in [-0.1, -0.05) is 28.1 Å². The number of thiophene rings is 1. The lowest BCUT2D eigenvalue weighted by molar-refractivity contribution is -0.140. The van der Waals surface area contributed by atoms with Gasteiger partial charge in [0.2, 0.25) is 0 Å². The Morgan fingerprint density at radius 1 is 0.808 bits per heavy atom. The fourth-order valence-corrected chi connectivity index (χ4v) is 8.01. The van der Waals surface area contributed by atoms with E-state index in [2.05, 4.69) is 15.9 Å². The monoisotopic (exact) mass is 787 g/mol. The van der Waals surface area contributed by atoms with Crippen LogP contribution in [0, 0.1) is 0 Å². The maximum atomic E-state index is 12.9. The largest absolute Gasteiger partial charge is 0.508 e. The number of Topliss-reactive ketones (excluding diaryl/α,β-unsaturated/α-hetero) is 2. The molecule has 1 amide bonds. The van der Waals surface area contributed by atoms with Crippen LogP contribution in [0.5, 0.6) is 23.0 Å². The van der Waals surface area contributed by atoms with E-state index in [9.17, 15) is 19.5 Å². The van der Waals surface area contributed by atoms with Crippen LogP contribution in [0.25, 0.3) is 20.5 Å². The summed E-state index contributed by atoms with van der Waals surface area (Å²) in [6, 6.07) is 20.3. The van der Waals surface area contributed by atoms with Crippen molar-refractivity contribution >= 4 is 54.8 Å². The van der Waals surface area contributed by atoms with E-state index in [1.807, 2.05) is 60.7 Å².